The summed E-state index contributed by atoms with van der Waals surface area (Å²) in [6, 6.07) is 3.85. The normalized spacial score (nSPS) is 9.71. The van der Waals surface area contributed by atoms with Crippen molar-refractivity contribution in [3.8, 4) is 11.5 Å². The highest BCUT2D eigenvalue weighted by molar-refractivity contribution is 5.66. The molecule has 0 fully saturated rings. The van der Waals surface area contributed by atoms with Crippen LogP contribution in [-0.2, 0) is 4.79 Å². The molecule has 0 aliphatic heterocycles. The molecule has 1 aromatic carbocycles. The lowest BCUT2D eigenvalue weighted by Crippen LogP contribution is -2.05. The van der Waals surface area contributed by atoms with Gasteiger partial charge in [-0.2, -0.15) is 0 Å². The molecule has 0 aliphatic carbocycles. The molecule has 92 valence electrons. The molecule has 0 saturated carbocycles. The first kappa shape index (κ1) is 12.8. The van der Waals surface area contributed by atoms with Crippen molar-refractivity contribution < 1.29 is 24.3 Å². The zero-order valence-electron chi connectivity index (χ0n) is 9.08. The van der Waals surface area contributed by atoms with Crippen molar-refractivity contribution in [1.29, 1.82) is 0 Å². The van der Waals surface area contributed by atoms with Crippen molar-refractivity contribution in [3.63, 3.8) is 0 Å². The number of rotatable bonds is 6. The van der Waals surface area contributed by atoms with E-state index in [1.165, 1.54) is 25.3 Å². The molecule has 1 aromatic rings. The van der Waals surface area contributed by atoms with Gasteiger partial charge in [-0.25, -0.2) is 0 Å². The van der Waals surface area contributed by atoms with Crippen molar-refractivity contribution in [2.24, 2.45) is 0 Å². The van der Waals surface area contributed by atoms with E-state index >= 15 is 0 Å². The highest BCUT2D eigenvalue weighted by Gasteiger charge is 2.12. The Bertz CT molecular complexity index is 431. The molecule has 1 rings (SSSR count). The number of methoxy groups -OCH3 is 1. The molecule has 7 heteroatoms. The molecule has 0 unspecified atom stereocenters. The third-order valence-corrected chi connectivity index (χ3v) is 1.93. The van der Waals surface area contributed by atoms with Gasteiger partial charge in [0, 0.05) is 6.07 Å². The predicted octanol–water partition coefficient (Wildman–Crippen LogP) is 1.46. The Balaban J connectivity index is 2.78. The molecule has 0 amide bonds. The molecule has 0 spiro atoms. The number of carboxylic acid groups (broad SMARTS) is 1. The lowest BCUT2D eigenvalue weighted by atomic mass is 10.3. The number of carboxylic acids is 1. The van der Waals surface area contributed by atoms with Crippen molar-refractivity contribution >= 4 is 11.7 Å². The molecule has 17 heavy (non-hydrogen) atoms. The molecular weight excluding hydrogens is 230 g/mol. The van der Waals surface area contributed by atoms with Crippen LogP contribution in [-0.4, -0.2) is 29.7 Å². The van der Waals surface area contributed by atoms with E-state index in [1.54, 1.807) is 0 Å². The first-order valence-corrected chi connectivity index (χ1v) is 4.71. The van der Waals surface area contributed by atoms with Crippen molar-refractivity contribution in [2.45, 2.75) is 6.42 Å². The quantitative estimate of drug-likeness (QED) is 0.597. The van der Waals surface area contributed by atoms with Gasteiger partial charge < -0.3 is 14.6 Å². The number of carbonyl (C=O) groups is 1. The molecule has 0 atom stereocenters. The van der Waals surface area contributed by atoms with Crippen LogP contribution >= 0.6 is 0 Å². The smallest absolute Gasteiger partial charge is 0.306 e. The first-order valence-electron chi connectivity index (χ1n) is 4.71. The van der Waals surface area contributed by atoms with Gasteiger partial charge in [-0.15, -0.1) is 0 Å². The van der Waals surface area contributed by atoms with E-state index in [1.807, 2.05) is 0 Å². The van der Waals surface area contributed by atoms with E-state index < -0.39 is 10.9 Å². The molecule has 0 aromatic heterocycles. The van der Waals surface area contributed by atoms with Gasteiger partial charge >= 0.3 is 5.97 Å². The topological polar surface area (TPSA) is 98.9 Å². The van der Waals surface area contributed by atoms with E-state index in [-0.39, 0.29) is 30.2 Å². The van der Waals surface area contributed by atoms with Crippen LogP contribution in [0.2, 0.25) is 0 Å². The van der Waals surface area contributed by atoms with E-state index in [2.05, 4.69) is 0 Å². The fourth-order valence-corrected chi connectivity index (χ4v) is 1.14. The lowest BCUT2D eigenvalue weighted by Gasteiger charge is -2.09. The molecular formula is C10H11NO6. The number of ether oxygens (including phenoxy) is 2. The third kappa shape index (κ3) is 3.63. The Hall–Kier alpha value is -2.31. The minimum absolute atomic E-state index is 0.0243. The average molecular weight is 241 g/mol. The maximum Gasteiger partial charge on any atom is 0.306 e. The summed E-state index contributed by atoms with van der Waals surface area (Å²) in [5.41, 5.74) is -0.118. The highest BCUT2D eigenvalue weighted by atomic mass is 16.6. The molecule has 0 saturated heterocycles. The Morgan fingerprint density at radius 2 is 2.18 bits per heavy atom. The van der Waals surface area contributed by atoms with Gasteiger partial charge in [-0.05, 0) is 6.07 Å². The van der Waals surface area contributed by atoms with Crippen LogP contribution < -0.4 is 9.47 Å². The number of nitro benzene ring substituents is 1. The van der Waals surface area contributed by atoms with Gasteiger partial charge in [-0.1, -0.05) is 0 Å². The van der Waals surface area contributed by atoms with Crippen LogP contribution in [0.4, 0.5) is 5.69 Å². The molecule has 0 bridgehead atoms. The van der Waals surface area contributed by atoms with Crippen LogP contribution in [0.25, 0.3) is 0 Å². The van der Waals surface area contributed by atoms with Crippen LogP contribution in [0.15, 0.2) is 18.2 Å². The number of hydrogen-bond donors (Lipinski definition) is 1. The fourth-order valence-electron chi connectivity index (χ4n) is 1.14. The minimum Gasteiger partial charge on any atom is -0.493 e. The zero-order chi connectivity index (χ0) is 12.8. The van der Waals surface area contributed by atoms with E-state index in [0.29, 0.717) is 0 Å². The van der Waals surface area contributed by atoms with E-state index in [4.69, 9.17) is 14.6 Å². The summed E-state index contributed by atoms with van der Waals surface area (Å²) in [6.45, 7) is -0.0243. The maximum atomic E-state index is 10.5. The van der Waals surface area contributed by atoms with Crippen LogP contribution in [0, 0.1) is 10.1 Å². The van der Waals surface area contributed by atoms with Gasteiger partial charge in [0.1, 0.15) is 0 Å². The van der Waals surface area contributed by atoms with Crippen molar-refractivity contribution in [3.05, 3.63) is 28.3 Å². The SMILES string of the molecule is COc1cc([N+](=O)[O-])ccc1OCCC(=O)O. The van der Waals surface area contributed by atoms with Crippen molar-refractivity contribution in [1.82, 2.24) is 0 Å². The molecule has 0 heterocycles. The predicted molar refractivity (Wildman–Crippen MR) is 57.4 cm³/mol. The number of nitrogens with zero attached hydrogens (tertiary/aromatic N) is 1. The average Bonchev–Trinajstić information content (AvgIpc) is 2.28. The summed E-state index contributed by atoms with van der Waals surface area (Å²) in [4.78, 5) is 20.3. The Morgan fingerprint density at radius 3 is 2.71 bits per heavy atom. The molecule has 1 N–H and O–H groups in total. The van der Waals surface area contributed by atoms with Crippen molar-refractivity contribution in [2.75, 3.05) is 13.7 Å². The number of aliphatic carboxylic acids is 1. The number of nitro groups is 1. The Labute approximate surface area is 96.7 Å². The first-order chi connectivity index (χ1) is 8.04. The second kappa shape index (κ2) is 5.69. The number of non-ortho nitro benzene ring substituents is 1. The third-order valence-electron chi connectivity index (χ3n) is 1.93. The van der Waals surface area contributed by atoms with Gasteiger partial charge in [0.15, 0.2) is 11.5 Å². The zero-order valence-corrected chi connectivity index (χ0v) is 9.08. The Kier molecular flexibility index (Phi) is 4.27. The summed E-state index contributed by atoms with van der Waals surface area (Å²) < 4.78 is 10.1. The summed E-state index contributed by atoms with van der Waals surface area (Å²) in [5.74, 6) is -0.505. The van der Waals surface area contributed by atoms with Gasteiger partial charge in [0.2, 0.25) is 0 Å². The lowest BCUT2D eigenvalue weighted by molar-refractivity contribution is -0.385. The second-order valence-corrected chi connectivity index (χ2v) is 3.08. The standard InChI is InChI=1S/C10H11NO6/c1-16-9-6-7(11(14)15)2-3-8(9)17-5-4-10(12)13/h2-3,6H,4-5H2,1H3,(H,12,13). The van der Waals surface area contributed by atoms with Crippen LogP contribution in [0.1, 0.15) is 6.42 Å². The summed E-state index contributed by atoms with van der Waals surface area (Å²) in [6.07, 6.45) is -0.153. The molecule has 7 nitrogen and oxygen atoms in total. The monoisotopic (exact) mass is 241 g/mol. The van der Waals surface area contributed by atoms with Gasteiger partial charge in [0.25, 0.3) is 5.69 Å². The van der Waals surface area contributed by atoms with Crippen LogP contribution in [0.5, 0.6) is 11.5 Å². The minimum atomic E-state index is -0.981. The number of benzene rings is 1. The van der Waals surface area contributed by atoms with E-state index in [0.717, 1.165) is 0 Å². The maximum absolute atomic E-state index is 10.5. The van der Waals surface area contributed by atoms with Gasteiger partial charge in [0.05, 0.1) is 31.1 Å². The highest BCUT2D eigenvalue weighted by Crippen LogP contribution is 2.31. The summed E-state index contributed by atoms with van der Waals surface area (Å²) >= 11 is 0. The fraction of sp³-hybridized carbons (Fsp3) is 0.300. The van der Waals surface area contributed by atoms with E-state index in [9.17, 15) is 14.9 Å². The number of hydrogen-bond acceptors (Lipinski definition) is 5. The largest absolute Gasteiger partial charge is 0.493 e. The van der Waals surface area contributed by atoms with Crippen LogP contribution in [0.3, 0.4) is 0 Å². The molecule has 0 aliphatic rings. The van der Waals surface area contributed by atoms with Gasteiger partial charge in [-0.3, -0.25) is 14.9 Å². The second-order valence-electron chi connectivity index (χ2n) is 3.08. The Morgan fingerprint density at radius 1 is 1.47 bits per heavy atom. The summed E-state index contributed by atoms with van der Waals surface area (Å²) in [5, 5.41) is 18.9. The molecule has 0 radical (unpaired) electrons. The summed E-state index contributed by atoms with van der Waals surface area (Å²) in [7, 11) is 1.35.